The van der Waals surface area contributed by atoms with Crippen LogP contribution in [0.1, 0.15) is 26.7 Å². The van der Waals surface area contributed by atoms with E-state index in [0.29, 0.717) is 12.3 Å². The molecule has 1 aliphatic rings. The first-order valence-electron chi connectivity index (χ1n) is 3.78. The molecule has 0 fully saturated rings. The van der Waals surface area contributed by atoms with Gasteiger partial charge < -0.3 is 4.79 Å². The van der Waals surface area contributed by atoms with Crippen molar-refractivity contribution >= 4 is 6.29 Å². The third-order valence-corrected chi connectivity index (χ3v) is 2.40. The van der Waals surface area contributed by atoms with E-state index in [0.717, 1.165) is 12.7 Å². The minimum Gasteiger partial charge on any atom is -0.303 e. The van der Waals surface area contributed by atoms with Gasteiger partial charge in [-0.2, -0.15) is 0 Å². The van der Waals surface area contributed by atoms with Crippen molar-refractivity contribution in [1.29, 1.82) is 0 Å². The van der Waals surface area contributed by atoms with Gasteiger partial charge in [-0.1, -0.05) is 26.0 Å². The zero-order valence-electron chi connectivity index (χ0n) is 6.63. The molecule has 0 saturated heterocycles. The lowest BCUT2D eigenvalue weighted by Gasteiger charge is -2.23. The van der Waals surface area contributed by atoms with Crippen LogP contribution in [0.3, 0.4) is 0 Å². The van der Waals surface area contributed by atoms with Crippen LogP contribution in [0.5, 0.6) is 0 Å². The van der Waals surface area contributed by atoms with Gasteiger partial charge in [0.2, 0.25) is 0 Å². The van der Waals surface area contributed by atoms with Crippen molar-refractivity contribution in [3.63, 3.8) is 0 Å². The Labute approximate surface area is 62.1 Å². The highest BCUT2D eigenvalue weighted by molar-refractivity contribution is 5.50. The van der Waals surface area contributed by atoms with Crippen LogP contribution in [-0.2, 0) is 4.79 Å². The minimum absolute atomic E-state index is 0.251. The van der Waals surface area contributed by atoms with E-state index in [1.165, 1.54) is 0 Å². The molecule has 1 rings (SSSR count). The predicted molar refractivity (Wildman–Crippen MR) is 41.7 cm³/mol. The van der Waals surface area contributed by atoms with Crippen LogP contribution in [0.2, 0.25) is 0 Å². The molecule has 0 amide bonds. The molecular formula is C9H14O. The number of allylic oxidation sites excluding steroid dienone is 2. The summed E-state index contributed by atoms with van der Waals surface area (Å²) in [5.74, 6) is 0.546. The lowest BCUT2D eigenvalue weighted by Crippen LogP contribution is -2.17. The Kier molecular flexibility index (Phi) is 1.93. The van der Waals surface area contributed by atoms with Crippen molar-refractivity contribution in [2.45, 2.75) is 26.7 Å². The molecule has 0 spiro atoms. The molecule has 0 bridgehead atoms. The van der Waals surface area contributed by atoms with Crippen molar-refractivity contribution in [2.75, 3.05) is 0 Å². The standard InChI is InChI=1S/C9H14O/c1-9(2)6-3-4-8(9)5-7-10/h3,6-8H,4-5H2,1-2H3. The fourth-order valence-electron chi connectivity index (χ4n) is 1.49. The second-order valence-electron chi connectivity index (χ2n) is 3.56. The van der Waals surface area contributed by atoms with Crippen molar-refractivity contribution in [3.8, 4) is 0 Å². The molecule has 0 aliphatic heterocycles. The average molecular weight is 138 g/mol. The first kappa shape index (κ1) is 7.52. The molecule has 0 aromatic rings. The number of rotatable bonds is 2. The summed E-state index contributed by atoms with van der Waals surface area (Å²) in [5, 5.41) is 0. The van der Waals surface area contributed by atoms with Gasteiger partial charge in [0.05, 0.1) is 0 Å². The largest absolute Gasteiger partial charge is 0.303 e. The normalized spacial score (nSPS) is 28.8. The van der Waals surface area contributed by atoms with Gasteiger partial charge in [-0.15, -0.1) is 0 Å². The van der Waals surface area contributed by atoms with Crippen LogP contribution in [-0.4, -0.2) is 6.29 Å². The van der Waals surface area contributed by atoms with Gasteiger partial charge in [-0.05, 0) is 17.8 Å². The van der Waals surface area contributed by atoms with Gasteiger partial charge in [0, 0.05) is 6.42 Å². The molecule has 56 valence electrons. The van der Waals surface area contributed by atoms with Crippen LogP contribution in [0.4, 0.5) is 0 Å². The van der Waals surface area contributed by atoms with Crippen molar-refractivity contribution < 1.29 is 4.79 Å². The summed E-state index contributed by atoms with van der Waals surface area (Å²) < 4.78 is 0. The quantitative estimate of drug-likeness (QED) is 0.422. The molecule has 1 nitrogen and oxygen atoms in total. The first-order valence-corrected chi connectivity index (χ1v) is 3.78. The monoisotopic (exact) mass is 138 g/mol. The van der Waals surface area contributed by atoms with Gasteiger partial charge in [0.15, 0.2) is 0 Å². The SMILES string of the molecule is CC1(C)C=CCC1CC=O. The highest BCUT2D eigenvalue weighted by atomic mass is 16.1. The fourth-order valence-corrected chi connectivity index (χ4v) is 1.49. The van der Waals surface area contributed by atoms with Crippen LogP contribution >= 0.6 is 0 Å². The molecule has 1 heteroatoms. The lowest BCUT2D eigenvalue weighted by atomic mass is 9.80. The summed E-state index contributed by atoms with van der Waals surface area (Å²) in [6.07, 6.45) is 7.19. The second-order valence-corrected chi connectivity index (χ2v) is 3.56. The summed E-state index contributed by atoms with van der Waals surface area (Å²) in [5.41, 5.74) is 0.251. The number of aldehydes is 1. The Bertz CT molecular complexity index is 156. The Balaban J connectivity index is 2.56. The van der Waals surface area contributed by atoms with E-state index in [9.17, 15) is 4.79 Å². The Morgan fingerprint density at radius 1 is 1.70 bits per heavy atom. The summed E-state index contributed by atoms with van der Waals surface area (Å²) in [7, 11) is 0. The van der Waals surface area contributed by atoms with E-state index in [-0.39, 0.29) is 5.41 Å². The summed E-state index contributed by atoms with van der Waals surface area (Å²) >= 11 is 0. The summed E-state index contributed by atoms with van der Waals surface area (Å²) in [6.45, 7) is 4.37. The zero-order chi connectivity index (χ0) is 7.61. The maximum Gasteiger partial charge on any atom is 0.120 e. The Morgan fingerprint density at radius 2 is 2.40 bits per heavy atom. The van der Waals surface area contributed by atoms with Gasteiger partial charge >= 0.3 is 0 Å². The zero-order valence-corrected chi connectivity index (χ0v) is 6.63. The van der Waals surface area contributed by atoms with E-state index in [1.807, 2.05) is 0 Å². The van der Waals surface area contributed by atoms with Gasteiger partial charge in [-0.25, -0.2) is 0 Å². The molecule has 10 heavy (non-hydrogen) atoms. The molecule has 0 radical (unpaired) electrons. The second kappa shape index (κ2) is 2.57. The first-order chi connectivity index (χ1) is 4.67. The Hall–Kier alpha value is -0.590. The molecule has 0 aromatic heterocycles. The van der Waals surface area contributed by atoms with E-state index in [1.54, 1.807) is 0 Å². The minimum atomic E-state index is 0.251. The summed E-state index contributed by atoms with van der Waals surface area (Å²) in [6, 6.07) is 0. The number of hydrogen-bond acceptors (Lipinski definition) is 1. The third kappa shape index (κ3) is 1.28. The maximum absolute atomic E-state index is 10.2. The molecule has 1 unspecified atom stereocenters. The van der Waals surface area contributed by atoms with E-state index in [2.05, 4.69) is 26.0 Å². The van der Waals surface area contributed by atoms with Gasteiger partial charge in [0.1, 0.15) is 6.29 Å². The van der Waals surface area contributed by atoms with Gasteiger partial charge in [0.25, 0.3) is 0 Å². The van der Waals surface area contributed by atoms with E-state index in [4.69, 9.17) is 0 Å². The highest BCUT2D eigenvalue weighted by Crippen LogP contribution is 2.38. The predicted octanol–water partition coefficient (Wildman–Crippen LogP) is 2.18. The highest BCUT2D eigenvalue weighted by Gasteiger charge is 2.29. The van der Waals surface area contributed by atoms with Crippen molar-refractivity contribution in [1.82, 2.24) is 0 Å². The molecule has 0 aromatic carbocycles. The molecule has 0 heterocycles. The third-order valence-electron chi connectivity index (χ3n) is 2.40. The topological polar surface area (TPSA) is 17.1 Å². The van der Waals surface area contributed by atoms with E-state index < -0.39 is 0 Å². The van der Waals surface area contributed by atoms with Crippen LogP contribution in [0.15, 0.2) is 12.2 Å². The summed E-state index contributed by atoms with van der Waals surface area (Å²) in [4.78, 5) is 10.2. The molecular weight excluding hydrogens is 124 g/mol. The fraction of sp³-hybridized carbons (Fsp3) is 0.667. The van der Waals surface area contributed by atoms with E-state index >= 15 is 0 Å². The van der Waals surface area contributed by atoms with Gasteiger partial charge in [-0.3, -0.25) is 0 Å². The number of carbonyl (C=O) groups excluding carboxylic acids is 1. The Morgan fingerprint density at radius 3 is 2.80 bits per heavy atom. The van der Waals surface area contributed by atoms with Crippen LogP contribution in [0.25, 0.3) is 0 Å². The van der Waals surface area contributed by atoms with Crippen molar-refractivity contribution in [3.05, 3.63) is 12.2 Å². The van der Waals surface area contributed by atoms with Crippen LogP contribution in [0, 0.1) is 11.3 Å². The van der Waals surface area contributed by atoms with Crippen molar-refractivity contribution in [2.24, 2.45) is 11.3 Å². The average Bonchev–Trinajstić information content (AvgIpc) is 2.13. The van der Waals surface area contributed by atoms with Crippen LogP contribution < -0.4 is 0 Å². The number of carbonyl (C=O) groups is 1. The smallest absolute Gasteiger partial charge is 0.120 e. The maximum atomic E-state index is 10.2. The molecule has 0 saturated carbocycles. The molecule has 1 aliphatic carbocycles. The molecule has 1 atom stereocenters. The molecule has 0 N–H and O–H groups in total. The lowest BCUT2D eigenvalue weighted by molar-refractivity contribution is -0.109. The number of hydrogen-bond donors (Lipinski definition) is 0.